The lowest BCUT2D eigenvalue weighted by molar-refractivity contribution is -0.121. The van der Waals surface area contributed by atoms with Gasteiger partial charge in [-0.2, -0.15) is 4.98 Å². The van der Waals surface area contributed by atoms with E-state index in [1.807, 2.05) is 43.3 Å². The van der Waals surface area contributed by atoms with Crippen molar-refractivity contribution in [3.05, 3.63) is 36.1 Å². The van der Waals surface area contributed by atoms with Crippen LogP contribution in [0.4, 0.5) is 11.8 Å². The average molecular weight is 539 g/mol. The number of benzene rings is 1. The number of alkyl halides is 2. The van der Waals surface area contributed by atoms with Gasteiger partial charge in [0.05, 0.1) is 10.3 Å². The van der Waals surface area contributed by atoms with Gasteiger partial charge in [-0.1, -0.05) is 28.1 Å². The topological polar surface area (TPSA) is 79.4 Å². The number of carbonyl (C=O) groups is 1. The molecule has 9 heteroatoms. The highest BCUT2D eigenvalue weighted by Gasteiger charge is 2.30. The second-order valence-electron chi connectivity index (χ2n) is 7.89. The SMILES string of the molecule is CN(C)c1nc(N[C@H]2CC[C@@H](NC(=O)C3=CC(Br)C(Br)O3)CC2)nc2ccccc12. The highest BCUT2D eigenvalue weighted by Crippen LogP contribution is 2.29. The van der Waals surface area contributed by atoms with Crippen molar-refractivity contribution in [1.82, 2.24) is 15.3 Å². The van der Waals surface area contributed by atoms with Crippen molar-refractivity contribution < 1.29 is 9.53 Å². The van der Waals surface area contributed by atoms with Crippen LogP contribution < -0.4 is 15.5 Å². The Morgan fingerprint density at radius 3 is 2.47 bits per heavy atom. The van der Waals surface area contributed by atoms with E-state index in [1.54, 1.807) is 6.08 Å². The fourth-order valence-electron chi connectivity index (χ4n) is 3.86. The van der Waals surface area contributed by atoms with E-state index in [1.165, 1.54) is 0 Å². The lowest BCUT2D eigenvalue weighted by Crippen LogP contribution is -2.41. The van der Waals surface area contributed by atoms with Crippen LogP contribution in [-0.2, 0) is 9.53 Å². The molecule has 1 aliphatic heterocycles. The average Bonchev–Trinajstić information content (AvgIpc) is 3.07. The second-order valence-corrected chi connectivity index (χ2v) is 9.85. The summed E-state index contributed by atoms with van der Waals surface area (Å²) in [4.78, 5) is 23.9. The Labute approximate surface area is 192 Å². The first-order valence-electron chi connectivity index (χ1n) is 10.1. The van der Waals surface area contributed by atoms with Crippen molar-refractivity contribution in [1.29, 1.82) is 0 Å². The number of fused-ring (bicyclic) bond motifs is 1. The third-order valence-electron chi connectivity index (χ3n) is 5.43. The maximum Gasteiger partial charge on any atom is 0.286 e. The molecule has 1 amide bonds. The summed E-state index contributed by atoms with van der Waals surface area (Å²) in [6.07, 6.45) is 5.49. The first-order valence-corrected chi connectivity index (χ1v) is 11.9. The van der Waals surface area contributed by atoms with E-state index in [0.29, 0.717) is 11.7 Å². The molecule has 7 nitrogen and oxygen atoms in total. The number of para-hydroxylation sites is 1. The van der Waals surface area contributed by atoms with E-state index >= 15 is 0 Å². The van der Waals surface area contributed by atoms with Crippen LogP contribution in [0.25, 0.3) is 10.9 Å². The Morgan fingerprint density at radius 2 is 1.80 bits per heavy atom. The molecule has 0 saturated heterocycles. The van der Waals surface area contributed by atoms with E-state index in [0.717, 1.165) is 42.4 Å². The van der Waals surface area contributed by atoms with Crippen LogP contribution in [-0.4, -0.2) is 51.9 Å². The third-order valence-corrected chi connectivity index (χ3v) is 7.64. The summed E-state index contributed by atoms with van der Waals surface area (Å²) in [7, 11) is 3.98. The van der Waals surface area contributed by atoms with Crippen LogP contribution in [0.3, 0.4) is 0 Å². The summed E-state index contributed by atoms with van der Waals surface area (Å²) < 4.78 is 5.53. The van der Waals surface area contributed by atoms with E-state index in [9.17, 15) is 4.79 Å². The van der Waals surface area contributed by atoms with Gasteiger partial charge in [0.15, 0.2) is 10.8 Å². The van der Waals surface area contributed by atoms with Crippen molar-refractivity contribution in [3.63, 3.8) is 0 Å². The highest BCUT2D eigenvalue weighted by atomic mass is 79.9. The van der Waals surface area contributed by atoms with Crippen molar-refractivity contribution in [3.8, 4) is 0 Å². The van der Waals surface area contributed by atoms with Gasteiger partial charge in [0.25, 0.3) is 5.91 Å². The number of nitrogens with one attached hydrogen (secondary N) is 2. The van der Waals surface area contributed by atoms with Crippen LogP contribution in [0.2, 0.25) is 0 Å². The van der Waals surface area contributed by atoms with Crippen LogP contribution >= 0.6 is 31.9 Å². The van der Waals surface area contributed by atoms with Gasteiger partial charge in [0, 0.05) is 31.6 Å². The van der Waals surface area contributed by atoms with Gasteiger partial charge in [0.1, 0.15) is 5.82 Å². The van der Waals surface area contributed by atoms with E-state index in [4.69, 9.17) is 14.7 Å². The molecule has 0 bridgehead atoms. The molecule has 1 saturated carbocycles. The molecular weight excluding hydrogens is 514 g/mol. The Hall–Kier alpha value is -1.87. The molecule has 30 heavy (non-hydrogen) atoms. The molecular formula is C21H25Br2N5O2. The molecule has 1 fully saturated rings. The minimum absolute atomic E-state index is 0.00666. The number of rotatable bonds is 5. The van der Waals surface area contributed by atoms with Gasteiger partial charge in [-0.25, -0.2) is 4.98 Å². The molecule has 1 aromatic heterocycles. The number of halogens is 2. The van der Waals surface area contributed by atoms with Crippen LogP contribution in [0.5, 0.6) is 0 Å². The number of ether oxygens (including phenoxy) is 1. The van der Waals surface area contributed by atoms with E-state index < -0.39 is 0 Å². The first-order chi connectivity index (χ1) is 14.4. The molecule has 2 aliphatic rings. The molecule has 0 radical (unpaired) electrons. The number of hydrogen-bond donors (Lipinski definition) is 2. The van der Waals surface area contributed by atoms with Gasteiger partial charge < -0.3 is 20.3 Å². The zero-order valence-electron chi connectivity index (χ0n) is 16.9. The zero-order valence-corrected chi connectivity index (χ0v) is 20.1. The van der Waals surface area contributed by atoms with Crippen LogP contribution in [0.15, 0.2) is 36.1 Å². The summed E-state index contributed by atoms with van der Waals surface area (Å²) in [5.41, 5.74) is 0.930. The number of carbonyl (C=O) groups excluding carboxylic acids is 1. The minimum atomic E-state index is -0.202. The molecule has 1 aliphatic carbocycles. The Balaban J connectivity index is 1.35. The van der Waals surface area contributed by atoms with Crippen LogP contribution in [0, 0.1) is 0 Å². The monoisotopic (exact) mass is 537 g/mol. The van der Waals surface area contributed by atoms with Gasteiger partial charge in [-0.15, -0.1) is 0 Å². The normalized spacial score (nSPS) is 26.1. The first kappa shape index (κ1) is 21.4. The van der Waals surface area contributed by atoms with Gasteiger partial charge in [-0.3, -0.25) is 4.79 Å². The zero-order chi connectivity index (χ0) is 21.3. The molecule has 160 valence electrons. The second kappa shape index (κ2) is 9.09. The fraction of sp³-hybridized carbons (Fsp3) is 0.476. The van der Waals surface area contributed by atoms with Gasteiger partial charge in [0.2, 0.25) is 5.95 Å². The van der Waals surface area contributed by atoms with Crippen molar-refractivity contribution in [2.24, 2.45) is 0 Å². The molecule has 2 atom stereocenters. The molecule has 1 aromatic carbocycles. The van der Waals surface area contributed by atoms with E-state index in [-0.39, 0.29) is 27.8 Å². The lowest BCUT2D eigenvalue weighted by atomic mass is 9.91. The standard InChI is InChI=1S/C21H25Br2N5O2/c1-28(2)19-14-5-3-4-6-16(14)26-21(27-19)25-13-9-7-12(8-10-13)24-20(29)17-11-15(22)18(23)30-17/h3-6,11-13,15,18H,7-10H2,1-2H3,(H,24,29)(H,25,26,27)/t12-,13+,15?,18?. The number of amides is 1. The van der Waals surface area contributed by atoms with Crippen molar-refractivity contribution >= 4 is 60.4 Å². The lowest BCUT2D eigenvalue weighted by Gasteiger charge is -2.30. The summed E-state index contributed by atoms with van der Waals surface area (Å²) in [6.45, 7) is 0. The van der Waals surface area contributed by atoms with Gasteiger partial charge >= 0.3 is 0 Å². The maximum absolute atomic E-state index is 12.4. The summed E-state index contributed by atoms with van der Waals surface area (Å²) in [5.74, 6) is 1.79. The predicted octanol–water partition coefficient (Wildman–Crippen LogP) is 3.93. The predicted molar refractivity (Wildman–Crippen MR) is 126 cm³/mol. The molecule has 4 rings (SSSR count). The highest BCUT2D eigenvalue weighted by molar-refractivity contribution is 9.12. The summed E-state index contributed by atoms with van der Waals surface area (Å²) >= 11 is 6.84. The van der Waals surface area contributed by atoms with Crippen molar-refractivity contribution in [2.45, 2.75) is 47.6 Å². The fourth-order valence-corrected chi connectivity index (χ4v) is 4.56. The Morgan fingerprint density at radius 1 is 1.10 bits per heavy atom. The molecule has 2 heterocycles. The van der Waals surface area contributed by atoms with Gasteiger partial charge in [-0.05, 0) is 59.8 Å². The minimum Gasteiger partial charge on any atom is -0.472 e. The number of hydrogen-bond acceptors (Lipinski definition) is 6. The number of aromatic nitrogens is 2. The number of anilines is 2. The number of nitrogens with zero attached hydrogens (tertiary/aromatic N) is 3. The van der Waals surface area contributed by atoms with E-state index in [2.05, 4.69) is 42.5 Å². The summed E-state index contributed by atoms with van der Waals surface area (Å²) in [6, 6.07) is 8.49. The van der Waals surface area contributed by atoms with Crippen molar-refractivity contribution in [2.75, 3.05) is 24.3 Å². The Kier molecular flexibility index (Phi) is 6.48. The molecule has 2 unspecified atom stereocenters. The quantitative estimate of drug-likeness (QED) is 0.561. The Bertz CT molecular complexity index is 960. The molecule has 2 aromatic rings. The smallest absolute Gasteiger partial charge is 0.286 e. The molecule has 2 N–H and O–H groups in total. The maximum atomic E-state index is 12.4. The third kappa shape index (κ3) is 4.72. The molecule has 0 spiro atoms. The summed E-state index contributed by atoms with van der Waals surface area (Å²) in [5, 5.41) is 7.43. The largest absolute Gasteiger partial charge is 0.472 e. The van der Waals surface area contributed by atoms with Crippen LogP contribution in [0.1, 0.15) is 25.7 Å².